The van der Waals surface area contributed by atoms with Gasteiger partial charge < -0.3 is 15.0 Å². The highest BCUT2D eigenvalue weighted by Gasteiger charge is 2.32. The molecule has 1 N–H and O–H groups in total. The van der Waals surface area contributed by atoms with Gasteiger partial charge in [-0.1, -0.05) is 12.1 Å². The summed E-state index contributed by atoms with van der Waals surface area (Å²) in [6, 6.07) is 10.7. The number of para-hydroxylation sites is 2. The molecule has 0 radical (unpaired) electrons. The van der Waals surface area contributed by atoms with Crippen molar-refractivity contribution in [2.24, 2.45) is 0 Å². The van der Waals surface area contributed by atoms with Crippen LogP contribution in [0.1, 0.15) is 18.9 Å². The van der Waals surface area contributed by atoms with Crippen LogP contribution in [0.5, 0.6) is 0 Å². The van der Waals surface area contributed by atoms with Gasteiger partial charge in [0.2, 0.25) is 5.91 Å². The predicted molar refractivity (Wildman–Crippen MR) is 120 cm³/mol. The lowest BCUT2D eigenvalue weighted by molar-refractivity contribution is -0.137. The summed E-state index contributed by atoms with van der Waals surface area (Å²) in [5.41, 5.74) is 1.04. The minimum atomic E-state index is -4.53. The maximum atomic E-state index is 13.3. The topological polar surface area (TPSA) is 68.5 Å². The van der Waals surface area contributed by atoms with Gasteiger partial charge >= 0.3 is 11.9 Å². The number of morpholine rings is 1. The molecule has 33 heavy (non-hydrogen) atoms. The van der Waals surface area contributed by atoms with E-state index in [0.29, 0.717) is 44.1 Å². The highest BCUT2D eigenvalue weighted by Crippen LogP contribution is 2.35. The van der Waals surface area contributed by atoms with E-state index in [4.69, 9.17) is 4.74 Å². The summed E-state index contributed by atoms with van der Waals surface area (Å²) in [5, 5.41) is 2.64. The summed E-state index contributed by atoms with van der Waals surface area (Å²) in [7, 11) is 0. The molecule has 1 saturated heterocycles. The van der Waals surface area contributed by atoms with E-state index in [1.807, 2.05) is 36.1 Å². The molecule has 0 saturated carbocycles. The van der Waals surface area contributed by atoms with Crippen LogP contribution in [0.15, 0.2) is 47.3 Å². The van der Waals surface area contributed by atoms with Gasteiger partial charge in [0.15, 0.2) is 0 Å². The van der Waals surface area contributed by atoms with Crippen molar-refractivity contribution in [3.63, 3.8) is 0 Å². The molecule has 7 nitrogen and oxygen atoms in total. The van der Waals surface area contributed by atoms with E-state index < -0.39 is 17.6 Å². The Bertz CT molecular complexity index is 1210. The molecule has 1 fully saturated rings. The molecule has 1 amide bonds. The molecule has 3 aromatic rings. The Hall–Kier alpha value is -3.27. The van der Waals surface area contributed by atoms with E-state index >= 15 is 0 Å². The predicted octanol–water partition coefficient (Wildman–Crippen LogP) is 3.71. The summed E-state index contributed by atoms with van der Waals surface area (Å²) in [4.78, 5) is 27.4. The summed E-state index contributed by atoms with van der Waals surface area (Å²) in [5.74, 6) is -0.468. The van der Waals surface area contributed by atoms with Gasteiger partial charge in [-0.2, -0.15) is 13.2 Å². The minimum absolute atomic E-state index is 0.0591. The zero-order chi connectivity index (χ0) is 23.6. The molecule has 176 valence electrons. The Balaban J connectivity index is 1.56. The third-order valence-electron chi connectivity index (χ3n) is 5.75. The Morgan fingerprint density at radius 1 is 1.06 bits per heavy atom. The second kappa shape index (κ2) is 9.30. The van der Waals surface area contributed by atoms with Crippen molar-refractivity contribution in [3.8, 4) is 0 Å². The molecule has 0 bridgehead atoms. The monoisotopic (exact) mass is 462 g/mol. The number of ether oxygens (including phenoxy) is 1. The van der Waals surface area contributed by atoms with Crippen molar-refractivity contribution in [2.45, 2.75) is 32.6 Å². The van der Waals surface area contributed by atoms with Crippen LogP contribution in [0.25, 0.3) is 11.0 Å². The number of anilines is 2. The number of amides is 1. The lowest BCUT2D eigenvalue weighted by atomic mass is 10.1. The van der Waals surface area contributed by atoms with E-state index in [0.717, 1.165) is 17.6 Å². The van der Waals surface area contributed by atoms with Crippen molar-refractivity contribution in [1.82, 2.24) is 9.13 Å². The van der Waals surface area contributed by atoms with E-state index in [1.54, 1.807) is 4.57 Å². The Morgan fingerprint density at radius 2 is 1.73 bits per heavy atom. The first kappa shape index (κ1) is 22.9. The number of rotatable bonds is 6. The van der Waals surface area contributed by atoms with Crippen molar-refractivity contribution >= 4 is 28.3 Å². The van der Waals surface area contributed by atoms with Crippen LogP contribution in [0.3, 0.4) is 0 Å². The number of carbonyl (C=O) groups excluding carboxylic acids is 1. The molecular formula is C23H25F3N4O3. The lowest BCUT2D eigenvalue weighted by Gasteiger charge is -2.31. The fourth-order valence-electron chi connectivity index (χ4n) is 4.11. The van der Waals surface area contributed by atoms with Crippen molar-refractivity contribution in [3.05, 3.63) is 58.5 Å². The van der Waals surface area contributed by atoms with Crippen LogP contribution in [0, 0.1) is 0 Å². The largest absolute Gasteiger partial charge is 0.416 e. The molecule has 0 atom stereocenters. The smallest absolute Gasteiger partial charge is 0.378 e. The van der Waals surface area contributed by atoms with Crippen LogP contribution in [0.2, 0.25) is 0 Å². The highest BCUT2D eigenvalue weighted by atomic mass is 19.4. The zero-order valence-corrected chi connectivity index (χ0v) is 18.2. The molecule has 1 aliphatic rings. The maximum Gasteiger partial charge on any atom is 0.416 e. The van der Waals surface area contributed by atoms with E-state index in [1.165, 1.54) is 10.6 Å². The van der Waals surface area contributed by atoms with Crippen LogP contribution in [-0.2, 0) is 28.8 Å². The zero-order valence-electron chi connectivity index (χ0n) is 18.2. The Kier molecular flexibility index (Phi) is 6.46. The van der Waals surface area contributed by atoms with Crippen LogP contribution in [0.4, 0.5) is 24.5 Å². The highest BCUT2D eigenvalue weighted by molar-refractivity contribution is 5.94. The summed E-state index contributed by atoms with van der Waals surface area (Å²) < 4.78 is 48.3. The minimum Gasteiger partial charge on any atom is -0.378 e. The first-order chi connectivity index (χ1) is 15.8. The van der Waals surface area contributed by atoms with E-state index in [-0.39, 0.29) is 24.3 Å². The van der Waals surface area contributed by atoms with Gasteiger partial charge in [0.25, 0.3) is 0 Å². The number of imidazole rings is 1. The summed E-state index contributed by atoms with van der Waals surface area (Å²) in [6.45, 7) is 4.42. The fraction of sp³-hybridized carbons (Fsp3) is 0.391. The third kappa shape index (κ3) is 4.75. The third-order valence-corrected chi connectivity index (χ3v) is 5.75. The number of halogens is 3. The number of hydrogen-bond acceptors (Lipinski definition) is 4. The molecule has 10 heteroatoms. The molecular weight excluding hydrogens is 437 g/mol. The van der Waals surface area contributed by atoms with E-state index in [9.17, 15) is 22.8 Å². The standard InChI is InChI=1S/C23H25F3N4O3/c1-2-29-19-5-3-4-6-20(19)30(22(29)32)10-9-21(31)27-17-15-16(23(24,25)26)7-8-18(17)28-11-13-33-14-12-28/h3-8,15H,2,9-14H2,1H3,(H,27,31). The molecule has 2 heterocycles. The SMILES string of the molecule is CCn1c(=O)n(CCC(=O)Nc2cc(C(F)(F)F)ccc2N2CCOCC2)c2ccccc21. The number of nitrogens with one attached hydrogen (secondary N) is 1. The Morgan fingerprint density at radius 3 is 2.36 bits per heavy atom. The number of nitrogens with zero attached hydrogens (tertiary/aromatic N) is 3. The number of fused-ring (bicyclic) bond motifs is 1. The number of hydrogen-bond donors (Lipinski definition) is 1. The molecule has 0 unspecified atom stereocenters. The summed E-state index contributed by atoms with van der Waals surface area (Å²) in [6.07, 6.45) is -4.59. The molecule has 0 aliphatic carbocycles. The molecule has 2 aromatic carbocycles. The average Bonchev–Trinajstić information content (AvgIpc) is 3.08. The van der Waals surface area contributed by atoms with Gasteiger partial charge in [0.05, 0.1) is 41.2 Å². The molecule has 1 aliphatic heterocycles. The average molecular weight is 462 g/mol. The number of carbonyl (C=O) groups is 1. The first-order valence-corrected chi connectivity index (χ1v) is 10.8. The molecule has 1 aromatic heterocycles. The van der Waals surface area contributed by atoms with E-state index in [2.05, 4.69) is 5.32 Å². The number of aromatic nitrogens is 2. The van der Waals surface area contributed by atoms with Gasteiger partial charge in [0, 0.05) is 32.6 Å². The normalized spacial score (nSPS) is 14.6. The number of benzene rings is 2. The second-order valence-electron chi connectivity index (χ2n) is 7.79. The summed E-state index contributed by atoms with van der Waals surface area (Å²) >= 11 is 0. The number of alkyl halides is 3. The lowest BCUT2D eigenvalue weighted by Crippen LogP contribution is -2.37. The van der Waals surface area contributed by atoms with Gasteiger partial charge in [-0.15, -0.1) is 0 Å². The van der Waals surface area contributed by atoms with Crippen molar-refractivity contribution < 1.29 is 22.7 Å². The van der Waals surface area contributed by atoms with Crippen molar-refractivity contribution in [1.29, 1.82) is 0 Å². The maximum absolute atomic E-state index is 13.3. The second-order valence-corrected chi connectivity index (χ2v) is 7.79. The van der Waals surface area contributed by atoms with Gasteiger partial charge in [-0.05, 0) is 37.3 Å². The fourth-order valence-corrected chi connectivity index (χ4v) is 4.11. The van der Waals surface area contributed by atoms with Crippen molar-refractivity contribution in [2.75, 3.05) is 36.5 Å². The Labute approximate surface area is 188 Å². The van der Waals surface area contributed by atoms with Gasteiger partial charge in [-0.3, -0.25) is 13.9 Å². The van der Waals surface area contributed by atoms with Gasteiger partial charge in [0.1, 0.15) is 0 Å². The number of aryl methyl sites for hydroxylation is 2. The molecule has 0 spiro atoms. The first-order valence-electron chi connectivity index (χ1n) is 10.8. The van der Waals surface area contributed by atoms with Crippen LogP contribution in [-0.4, -0.2) is 41.3 Å². The van der Waals surface area contributed by atoms with Crippen LogP contribution >= 0.6 is 0 Å². The quantitative estimate of drug-likeness (QED) is 0.607. The van der Waals surface area contributed by atoms with Gasteiger partial charge in [-0.25, -0.2) is 4.79 Å². The molecule has 4 rings (SSSR count). The van der Waals surface area contributed by atoms with Crippen LogP contribution < -0.4 is 15.9 Å².